The second-order valence-electron chi connectivity index (χ2n) is 4.73. The molecule has 1 unspecified atom stereocenters. The molecule has 2 N–H and O–H groups in total. The van der Waals surface area contributed by atoms with E-state index in [0.29, 0.717) is 18.7 Å². The van der Waals surface area contributed by atoms with Crippen molar-refractivity contribution in [2.45, 2.75) is 18.9 Å². The zero-order valence-corrected chi connectivity index (χ0v) is 12.6. The number of anilines is 1. The van der Waals surface area contributed by atoms with E-state index in [4.69, 9.17) is 11.6 Å². The van der Waals surface area contributed by atoms with Crippen LogP contribution in [-0.2, 0) is 9.84 Å². The highest BCUT2D eigenvalue weighted by atomic mass is 35.5. The number of halogens is 1. The Hall–Kier alpha value is -1.34. The highest BCUT2D eigenvalue weighted by Crippen LogP contribution is 2.19. The van der Waals surface area contributed by atoms with Gasteiger partial charge < -0.3 is 10.6 Å². The number of rotatable bonds is 3. The molecule has 1 fully saturated rings. The Bertz CT molecular complexity index is 618. The normalized spacial score (nSPS) is 21.2. The molecule has 0 aromatic carbocycles. The molecule has 110 valence electrons. The number of nitrogens with one attached hydrogen (secondary N) is 2. The van der Waals surface area contributed by atoms with Crippen molar-refractivity contribution in [3.8, 4) is 0 Å². The van der Waals surface area contributed by atoms with Crippen LogP contribution in [0.15, 0.2) is 12.3 Å². The molecule has 0 radical (unpaired) electrons. The van der Waals surface area contributed by atoms with Crippen molar-refractivity contribution in [1.82, 2.24) is 10.3 Å². The Morgan fingerprint density at radius 3 is 2.90 bits per heavy atom. The van der Waals surface area contributed by atoms with Crippen molar-refractivity contribution in [3.63, 3.8) is 0 Å². The molecule has 1 atom stereocenters. The van der Waals surface area contributed by atoms with Crippen molar-refractivity contribution in [3.05, 3.63) is 22.8 Å². The average Bonchev–Trinajstić information content (AvgIpc) is 2.38. The zero-order valence-electron chi connectivity index (χ0n) is 11.0. The Morgan fingerprint density at radius 2 is 2.25 bits per heavy atom. The SMILES string of the molecule is CNc1cc(C(=O)NC2CCCS(=O)(=O)C2)c(Cl)cn1. The minimum atomic E-state index is -3.06. The third-order valence-electron chi connectivity index (χ3n) is 3.15. The summed E-state index contributed by atoms with van der Waals surface area (Å²) in [7, 11) is -1.37. The Morgan fingerprint density at radius 1 is 1.50 bits per heavy atom. The van der Waals surface area contributed by atoms with Crippen molar-refractivity contribution in [2.24, 2.45) is 0 Å². The lowest BCUT2D eigenvalue weighted by molar-refractivity contribution is 0.0938. The van der Waals surface area contributed by atoms with Crippen molar-refractivity contribution >= 4 is 33.2 Å². The highest BCUT2D eigenvalue weighted by molar-refractivity contribution is 7.91. The van der Waals surface area contributed by atoms with Crippen LogP contribution in [0.5, 0.6) is 0 Å². The summed E-state index contributed by atoms with van der Waals surface area (Å²) in [6, 6.07) is 1.18. The number of carbonyl (C=O) groups is 1. The van der Waals surface area contributed by atoms with Gasteiger partial charge in [0.05, 0.1) is 22.1 Å². The zero-order chi connectivity index (χ0) is 14.8. The molecule has 8 heteroatoms. The van der Waals surface area contributed by atoms with Gasteiger partial charge in [-0.05, 0) is 18.9 Å². The molecule has 1 aromatic heterocycles. The Kier molecular flexibility index (Phi) is 4.49. The van der Waals surface area contributed by atoms with Gasteiger partial charge in [-0.15, -0.1) is 0 Å². The number of aromatic nitrogens is 1. The number of sulfone groups is 1. The van der Waals surface area contributed by atoms with E-state index in [1.165, 1.54) is 12.3 Å². The number of amides is 1. The molecule has 2 heterocycles. The molecule has 1 aromatic rings. The van der Waals surface area contributed by atoms with Crippen molar-refractivity contribution in [1.29, 1.82) is 0 Å². The standard InChI is InChI=1S/C12H16ClN3O3S/c1-14-11-5-9(10(13)6-15-11)12(17)16-8-3-2-4-20(18,19)7-8/h5-6,8H,2-4,7H2,1H3,(H,14,15)(H,16,17). The van der Waals surface area contributed by atoms with Gasteiger partial charge in [0.1, 0.15) is 5.82 Å². The third kappa shape index (κ3) is 3.61. The summed E-state index contributed by atoms with van der Waals surface area (Å²) in [5, 5.41) is 5.78. The topological polar surface area (TPSA) is 88.2 Å². The first-order valence-corrected chi connectivity index (χ1v) is 8.46. The van der Waals surface area contributed by atoms with Gasteiger partial charge >= 0.3 is 0 Å². The first-order valence-electron chi connectivity index (χ1n) is 6.26. The highest BCUT2D eigenvalue weighted by Gasteiger charge is 2.26. The largest absolute Gasteiger partial charge is 0.373 e. The minimum absolute atomic E-state index is 0.0136. The van der Waals surface area contributed by atoms with E-state index >= 15 is 0 Å². The Labute approximate surface area is 122 Å². The number of hydrogen-bond donors (Lipinski definition) is 2. The number of hydrogen-bond acceptors (Lipinski definition) is 5. The van der Waals surface area contributed by atoms with Crippen LogP contribution < -0.4 is 10.6 Å². The van der Waals surface area contributed by atoms with Gasteiger partial charge in [-0.25, -0.2) is 13.4 Å². The lowest BCUT2D eigenvalue weighted by Crippen LogP contribution is -2.43. The molecular weight excluding hydrogens is 302 g/mol. The van der Waals surface area contributed by atoms with Crippen LogP contribution in [0.4, 0.5) is 5.82 Å². The van der Waals surface area contributed by atoms with Crippen LogP contribution in [0, 0.1) is 0 Å². The summed E-state index contributed by atoms with van der Waals surface area (Å²) in [6.45, 7) is 0. The summed E-state index contributed by atoms with van der Waals surface area (Å²) in [5.41, 5.74) is 0.286. The predicted octanol–water partition coefficient (Wildman–Crippen LogP) is 1.08. The van der Waals surface area contributed by atoms with Gasteiger partial charge in [-0.3, -0.25) is 4.79 Å². The van der Waals surface area contributed by atoms with E-state index in [-0.39, 0.29) is 34.0 Å². The van der Waals surface area contributed by atoms with Crippen LogP contribution >= 0.6 is 11.6 Å². The van der Waals surface area contributed by atoms with Crippen LogP contribution in [-0.4, -0.2) is 43.9 Å². The molecule has 0 aliphatic carbocycles. The van der Waals surface area contributed by atoms with E-state index in [0.717, 1.165) is 0 Å². The molecule has 0 spiro atoms. The lowest BCUT2D eigenvalue weighted by Gasteiger charge is -2.23. The van der Waals surface area contributed by atoms with Gasteiger partial charge in [-0.2, -0.15) is 0 Å². The maximum Gasteiger partial charge on any atom is 0.253 e. The number of nitrogens with zero attached hydrogens (tertiary/aromatic N) is 1. The molecule has 20 heavy (non-hydrogen) atoms. The van der Waals surface area contributed by atoms with Gasteiger partial charge in [0.25, 0.3) is 5.91 Å². The molecule has 0 saturated carbocycles. The summed E-state index contributed by atoms with van der Waals surface area (Å²) >= 11 is 5.95. The average molecular weight is 318 g/mol. The summed E-state index contributed by atoms with van der Waals surface area (Å²) in [4.78, 5) is 16.2. The van der Waals surface area contributed by atoms with E-state index in [1.54, 1.807) is 7.05 Å². The fraction of sp³-hybridized carbons (Fsp3) is 0.500. The monoisotopic (exact) mass is 317 g/mol. The van der Waals surface area contributed by atoms with Crippen LogP contribution in [0.1, 0.15) is 23.2 Å². The van der Waals surface area contributed by atoms with E-state index in [9.17, 15) is 13.2 Å². The quantitative estimate of drug-likeness (QED) is 0.871. The van der Waals surface area contributed by atoms with Crippen LogP contribution in [0.25, 0.3) is 0 Å². The van der Waals surface area contributed by atoms with Crippen molar-refractivity contribution in [2.75, 3.05) is 23.9 Å². The van der Waals surface area contributed by atoms with Crippen molar-refractivity contribution < 1.29 is 13.2 Å². The Balaban J connectivity index is 2.12. The maximum absolute atomic E-state index is 12.2. The molecule has 1 aliphatic heterocycles. The fourth-order valence-corrected chi connectivity index (χ4v) is 3.97. The van der Waals surface area contributed by atoms with Crippen LogP contribution in [0.3, 0.4) is 0 Å². The smallest absolute Gasteiger partial charge is 0.253 e. The second-order valence-corrected chi connectivity index (χ2v) is 7.36. The predicted molar refractivity (Wildman–Crippen MR) is 77.9 cm³/mol. The van der Waals surface area contributed by atoms with Gasteiger partial charge in [0.2, 0.25) is 0 Å². The molecule has 1 amide bonds. The summed E-state index contributed by atoms with van der Waals surface area (Å²) in [5.74, 6) is 0.325. The van der Waals surface area contributed by atoms with E-state index in [1.807, 2.05) is 0 Å². The van der Waals surface area contributed by atoms with E-state index < -0.39 is 9.84 Å². The molecule has 6 nitrogen and oxygen atoms in total. The first kappa shape index (κ1) is 15.1. The fourth-order valence-electron chi connectivity index (χ4n) is 2.15. The molecule has 2 rings (SSSR count). The summed E-state index contributed by atoms with van der Waals surface area (Å²) < 4.78 is 23.1. The summed E-state index contributed by atoms with van der Waals surface area (Å²) in [6.07, 6.45) is 2.62. The molecule has 1 saturated heterocycles. The first-order chi connectivity index (χ1) is 9.41. The van der Waals surface area contributed by atoms with Crippen LogP contribution in [0.2, 0.25) is 5.02 Å². The molecular formula is C12H16ClN3O3S. The van der Waals surface area contributed by atoms with Gasteiger partial charge in [-0.1, -0.05) is 11.6 Å². The molecule has 1 aliphatic rings. The minimum Gasteiger partial charge on any atom is -0.373 e. The lowest BCUT2D eigenvalue weighted by atomic mass is 10.1. The van der Waals surface area contributed by atoms with E-state index in [2.05, 4.69) is 15.6 Å². The second kappa shape index (κ2) is 5.97. The third-order valence-corrected chi connectivity index (χ3v) is 5.28. The maximum atomic E-state index is 12.2. The van der Waals surface area contributed by atoms with Gasteiger partial charge in [0.15, 0.2) is 9.84 Å². The number of carbonyl (C=O) groups excluding carboxylic acids is 1. The van der Waals surface area contributed by atoms with Gasteiger partial charge in [0, 0.05) is 19.3 Å². The molecule has 0 bridgehead atoms. The number of pyridine rings is 1.